The number of hydrogen-bond donors (Lipinski definition) is 2. The van der Waals surface area contributed by atoms with E-state index in [2.05, 4.69) is 10.6 Å². The summed E-state index contributed by atoms with van der Waals surface area (Å²) in [5.41, 5.74) is 3.82. The van der Waals surface area contributed by atoms with Crippen molar-refractivity contribution in [2.45, 2.75) is 24.7 Å². The number of thioether (sulfide) groups is 1. The van der Waals surface area contributed by atoms with Crippen LogP contribution in [0.1, 0.15) is 28.8 Å². The summed E-state index contributed by atoms with van der Waals surface area (Å²) in [4.78, 5) is 38.0. The monoisotopic (exact) mass is 480 g/mol. The predicted octanol–water partition coefficient (Wildman–Crippen LogP) is 5.59. The van der Waals surface area contributed by atoms with E-state index in [4.69, 9.17) is 4.74 Å². The molecule has 1 aliphatic carbocycles. The Morgan fingerprint density at radius 1 is 1.09 bits per heavy atom. The maximum atomic E-state index is 12.7. The van der Waals surface area contributed by atoms with Gasteiger partial charge >= 0.3 is 5.97 Å². The molecule has 1 aromatic heterocycles. The highest BCUT2D eigenvalue weighted by Crippen LogP contribution is 2.36. The molecule has 2 amide bonds. The van der Waals surface area contributed by atoms with Crippen LogP contribution in [0.2, 0.25) is 0 Å². The Bertz CT molecular complexity index is 1180. The second kappa shape index (κ2) is 10.2. The van der Waals surface area contributed by atoms with Gasteiger partial charge in [-0.3, -0.25) is 9.59 Å². The number of amides is 2. The summed E-state index contributed by atoms with van der Waals surface area (Å²) >= 11 is 2.66. The minimum atomic E-state index is -0.492. The van der Waals surface area contributed by atoms with Crippen LogP contribution in [0.5, 0.6) is 0 Å². The topological polar surface area (TPSA) is 84.5 Å². The molecule has 3 aromatic rings. The number of thiophene rings is 1. The first-order valence-electron chi connectivity index (χ1n) is 10.5. The van der Waals surface area contributed by atoms with Crippen LogP contribution in [0.3, 0.4) is 0 Å². The average Bonchev–Trinajstić information content (AvgIpc) is 3.59. The van der Waals surface area contributed by atoms with Crippen LogP contribution >= 0.6 is 23.1 Å². The van der Waals surface area contributed by atoms with Gasteiger partial charge in [0.1, 0.15) is 10.6 Å². The Labute approximate surface area is 200 Å². The first kappa shape index (κ1) is 23.1. The van der Waals surface area contributed by atoms with Gasteiger partial charge in [-0.2, -0.15) is 0 Å². The summed E-state index contributed by atoms with van der Waals surface area (Å²) in [6.07, 6.45) is 1.89. The lowest BCUT2D eigenvalue weighted by molar-refractivity contribution is -0.117. The molecule has 0 radical (unpaired) electrons. The van der Waals surface area contributed by atoms with Crippen molar-refractivity contribution >= 4 is 51.6 Å². The van der Waals surface area contributed by atoms with E-state index in [-0.39, 0.29) is 23.5 Å². The Morgan fingerprint density at radius 2 is 1.85 bits per heavy atom. The number of hydrogen-bond acceptors (Lipinski definition) is 6. The van der Waals surface area contributed by atoms with Gasteiger partial charge in [0.2, 0.25) is 11.8 Å². The number of carbonyl (C=O) groups is 3. The molecule has 170 valence electrons. The highest BCUT2D eigenvalue weighted by molar-refractivity contribution is 8.00. The number of rotatable bonds is 8. The normalized spacial score (nSPS) is 12.8. The van der Waals surface area contributed by atoms with Crippen LogP contribution in [-0.4, -0.2) is 30.6 Å². The van der Waals surface area contributed by atoms with E-state index in [0.29, 0.717) is 10.6 Å². The molecule has 0 aliphatic heterocycles. The number of aryl methyl sites for hydroxylation is 1. The van der Waals surface area contributed by atoms with Crippen molar-refractivity contribution in [1.82, 2.24) is 0 Å². The van der Waals surface area contributed by atoms with Crippen LogP contribution in [-0.2, 0) is 14.3 Å². The van der Waals surface area contributed by atoms with Gasteiger partial charge in [0.05, 0.1) is 12.9 Å². The third kappa shape index (κ3) is 5.83. The Morgan fingerprint density at radius 3 is 2.55 bits per heavy atom. The molecule has 0 unspecified atom stereocenters. The second-order valence-corrected chi connectivity index (χ2v) is 9.77. The third-order valence-electron chi connectivity index (χ3n) is 5.22. The minimum Gasteiger partial charge on any atom is -0.465 e. The van der Waals surface area contributed by atoms with Gasteiger partial charge in [-0.05, 0) is 43.5 Å². The zero-order valence-corrected chi connectivity index (χ0v) is 20.0. The lowest BCUT2D eigenvalue weighted by atomic mass is 10.0. The number of benzene rings is 2. The van der Waals surface area contributed by atoms with Crippen LogP contribution in [0, 0.1) is 12.8 Å². The zero-order valence-electron chi connectivity index (χ0n) is 18.3. The number of nitrogens with one attached hydrogen (secondary N) is 2. The molecule has 1 aliphatic rings. The van der Waals surface area contributed by atoms with Crippen molar-refractivity contribution in [3.63, 3.8) is 0 Å². The van der Waals surface area contributed by atoms with Crippen molar-refractivity contribution in [1.29, 1.82) is 0 Å². The molecule has 1 saturated carbocycles. The fourth-order valence-corrected chi connectivity index (χ4v) is 4.99. The molecule has 1 fully saturated rings. The molecule has 1 heterocycles. The molecule has 4 rings (SSSR count). The third-order valence-corrected chi connectivity index (χ3v) is 7.10. The van der Waals surface area contributed by atoms with E-state index < -0.39 is 5.97 Å². The second-order valence-electron chi connectivity index (χ2n) is 7.84. The minimum absolute atomic E-state index is 0.0484. The number of anilines is 2. The Kier molecular flexibility index (Phi) is 7.15. The number of methoxy groups -OCH3 is 1. The SMILES string of the molecule is COC(=O)c1c(-c2ccc(C)cc2)csc1NC(=O)CSc1cccc(NC(=O)C2CC2)c1. The van der Waals surface area contributed by atoms with Crippen molar-refractivity contribution in [2.75, 3.05) is 23.5 Å². The fourth-order valence-electron chi connectivity index (χ4n) is 3.27. The Hall–Kier alpha value is -3.10. The van der Waals surface area contributed by atoms with E-state index in [0.717, 1.165) is 40.1 Å². The first-order valence-corrected chi connectivity index (χ1v) is 12.4. The summed E-state index contributed by atoms with van der Waals surface area (Å²) in [6, 6.07) is 15.3. The molecule has 0 bridgehead atoms. The summed E-state index contributed by atoms with van der Waals surface area (Å²) in [5, 5.41) is 8.09. The van der Waals surface area contributed by atoms with Gasteiger partial charge in [0.25, 0.3) is 0 Å². The van der Waals surface area contributed by atoms with Gasteiger partial charge in [-0.25, -0.2) is 4.79 Å². The lowest BCUT2D eigenvalue weighted by Crippen LogP contribution is -2.16. The van der Waals surface area contributed by atoms with E-state index in [1.807, 2.05) is 60.8 Å². The van der Waals surface area contributed by atoms with E-state index in [9.17, 15) is 14.4 Å². The predicted molar refractivity (Wildman–Crippen MR) is 133 cm³/mol. The lowest BCUT2D eigenvalue weighted by Gasteiger charge is -2.09. The molecule has 0 spiro atoms. The molecule has 33 heavy (non-hydrogen) atoms. The van der Waals surface area contributed by atoms with Crippen molar-refractivity contribution in [3.05, 3.63) is 65.0 Å². The molecule has 6 nitrogen and oxygen atoms in total. The summed E-state index contributed by atoms with van der Waals surface area (Å²) < 4.78 is 4.97. The van der Waals surface area contributed by atoms with Gasteiger partial charge in [-0.15, -0.1) is 23.1 Å². The largest absolute Gasteiger partial charge is 0.465 e. The smallest absolute Gasteiger partial charge is 0.341 e. The number of carbonyl (C=O) groups excluding carboxylic acids is 3. The van der Waals surface area contributed by atoms with Gasteiger partial charge in [0, 0.05) is 27.4 Å². The van der Waals surface area contributed by atoms with Crippen molar-refractivity contribution in [2.24, 2.45) is 5.92 Å². The highest BCUT2D eigenvalue weighted by Gasteiger charge is 2.29. The van der Waals surface area contributed by atoms with Gasteiger partial charge in [0.15, 0.2) is 0 Å². The van der Waals surface area contributed by atoms with Crippen molar-refractivity contribution < 1.29 is 19.1 Å². The van der Waals surface area contributed by atoms with Crippen LogP contribution in [0.25, 0.3) is 11.1 Å². The molecule has 8 heteroatoms. The van der Waals surface area contributed by atoms with Crippen molar-refractivity contribution in [3.8, 4) is 11.1 Å². The maximum Gasteiger partial charge on any atom is 0.341 e. The van der Waals surface area contributed by atoms with Gasteiger partial charge in [-0.1, -0.05) is 35.9 Å². The molecule has 2 aromatic carbocycles. The molecular formula is C25H24N2O4S2. The summed E-state index contributed by atoms with van der Waals surface area (Å²) in [7, 11) is 1.33. The van der Waals surface area contributed by atoms with Gasteiger partial charge < -0.3 is 15.4 Å². The van der Waals surface area contributed by atoms with Crippen LogP contribution in [0.4, 0.5) is 10.7 Å². The van der Waals surface area contributed by atoms with E-state index in [1.165, 1.54) is 30.2 Å². The molecular weight excluding hydrogens is 456 g/mol. The zero-order chi connectivity index (χ0) is 23.4. The van der Waals surface area contributed by atoms with Crippen LogP contribution in [0.15, 0.2) is 58.8 Å². The maximum absolute atomic E-state index is 12.7. The number of esters is 1. The summed E-state index contributed by atoms with van der Waals surface area (Å²) in [6.45, 7) is 2.00. The first-order chi connectivity index (χ1) is 15.9. The van der Waals surface area contributed by atoms with E-state index >= 15 is 0 Å². The molecule has 2 N–H and O–H groups in total. The standard InChI is InChI=1S/C25H24N2O4S2/c1-15-6-8-16(9-7-15)20-13-33-24(22(20)25(30)31-2)27-21(28)14-32-19-5-3-4-18(12-19)26-23(29)17-10-11-17/h3-9,12-13,17H,10-11,14H2,1-2H3,(H,26,29)(H,27,28). The molecule has 0 atom stereocenters. The van der Waals surface area contributed by atoms with E-state index in [1.54, 1.807) is 0 Å². The Balaban J connectivity index is 1.42. The average molecular weight is 481 g/mol. The van der Waals surface area contributed by atoms with Crippen LogP contribution < -0.4 is 10.6 Å². The highest BCUT2D eigenvalue weighted by atomic mass is 32.2. The quantitative estimate of drug-likeness (QED) is 0.324. The molecule has 0 saturated heterocycles. The number of ether oxygens (including phenoxy) is 1. The summed E-state index contributed by atoms with van der Waals surface area (Å²) in [5.74, 6) is -0.374. The fraction of sp³-hybridized carbons (Fsp3) is 0.240.